The lowest BCUT2D eigenvalue weighted by molar-refractivity contribution is -0.130. The molecule has 0 aliphatic rings. The minimum absolute atomic E-state index is 0.141. The van der Waals surface area contributed by atoms with Crippen LogP contribution in [0.15, 0.2) is 24.3 Å². The monoisotopic (exact) mass is 227 g/mol. The van der Waals surface area contributed by atoms with Crippen molar-refractivity contribution in [1.29, 1.82) is 0 Å². The number of halogens is 1. The average molecular weight is 228 g/mol. The zero-order valence-corrected chi connectivity index (χ0v) is 9.54. The lowest BCUT2D eigenvalue weighted by Gasteiger charge is -2.10. The minimum atomic E-state index is -0.438. The predicted molar refractivity (Wildman–Crippen MR) is 59.8 cm³/mol. The quantitative estimate of drug-likeness (QED) is 0.855. The summed E-state index contributed by atoms with van der Waals surface area (Å²) in [7, 11) is 1.50. The first-order valence-electron chi connectivity index (χ1n) is 4.69. The van der Waals surface area contributed by atoms with Gasteiger partial charge in [-0.25, -0.2) is 0 Å². The molecule has 1 unspecified atom stereocenters. The molecule has 0 spiro atoms. The number of hydrogen-bond acceptors (Lipinski definition) is 2. The largest absolute Gasteiger partial charge is 0.372 e. The van der Waals surface area contributed by atoms with Crippen molar-refractivity contribution in [3.8, 4) is 0 Å². The zero-order chi connectivity index (χ0) is 11.3. The van der Waals surface area contributed by atoms with Crippen molar-refractivity contribution < 1.29 is 9.53 Å². The van der Waals surface area contributed by atoms with Crippen LogP contribution in [0, 0.1) is 0 Å². The molecule has 15 heavy (non-hydrogen) atoms. The molecule has 1 rings (SSSR count). The fraction of sp³-hybridized carbons (Fsp3) is 0.364. The molecule has 0 bridgehead atoms. The van der Waals surface area contributed by atoms with Crippen molar-refractivity contribution in [3.63, 3.8) is 0 Å². The van der Waals surface area contributed by atoms with Crippen molar-refractivity contribution in [2.24, 2.45) is 0 Å². The zero-order valence-electron chi connectivity index (χ0n) is 8.79. The topological polar surface area (TPSA) is 38.3 Å². The molecule has 1 atom stereocenters. The molecule has 1 N–H and O–H groups in total. The molecule has 4 heteroatoms. The average Bonchev–Trinajstić information content (AvgIpc) is 2.26. The van der Waals surface area contributed by atoms with E-state index in [1.54, 1.807) is 13.0 Å². The van der Waals surface area contributed by atoms with Crippen LogP contribution in [0.25, 0.3) is 0 Å². The Morgan fingerprint density at radius 1 is 1.53 bits per heavy atom. The summed E-state index contributed by atoms with van der Waals surface area (Å²) in [6.45, 7) is 2.12. The van der Waals surface area contributed by atoms with Gasteiger partial charge in [0.1, 0.15) is 6.10 Å². The van der Waals surface area contributed by atoms with Crippen LogP contribution in [0.5, 0.6) is 0 Å². The van der Waals surface area contributed by atoms with E-state index < -0.39 is 6.10 Å². The summed E-state index contributed by atoms with van der Waals surface area (Å²) in [5, 5.41) is 3.40. The summed E-state index contributed by atoms with van der Waals surface area (Å²) in [4.78, 5) is 11.4. The standard InChI is InChI=1S/C11H14ClNO2/c1-8(15-2)11(14)13-7-9-5-3-4-6-10(9)12/h3-6,8H,7H2,1-2H3,(H,13,14). The Morgan fingerprint density at radius 3 is 2.80 bits per heavy atom. The first-order chi connectivity index (χ1) is 7.15. The molecule has 1 aromatic rings. The Morgan fingerprint density at radius 2 is 2.20 bits per heavy atom. The van der Waals surface area contributed by atoms with Crippen LogP contribution < -0.4 is 5.32 Å². The molecule has 0 aliphatic carbocycles. The molecule has 1 amide bonds. The summed E-state index contributed by atoms with van der Waals surface area (Å²) in [5.41, 5.74) is 0.899. The molecule has 0 saturated heterocycles. The van der Waals surface area contributed by atoms with E-state index in [1.807, 2.05) is 18.2 Å². The third-order valence-corrected chi connectivity index (χ3v) is 2.50. The highest BCUT2D eigenvalue weighted by Crippen LogP contribution is 2.14. The van der Waals surface area contributed by atoms with E-state index in [-0.39, 0.29) is 5.91 Å². The maximum absolute atomic E-state index is 11.4. The second-order valence-corrected chi connectivity index (χ2v) is 3.59. The first-order valence-corrected chi connectivity index (χ1v) is 5.07. The van der Waals surface area contributed by atoms with E-state index in [9.17, 15) is 4.79 Å². The molecule has 0 fully saturated rings. The number of nitrogens with one attached hydrogen (secondary N) is 1. The van der Waals surface area contributed by atoms with E-state index in [4.69, 9.17) is 16.3 Å². The SMILES string of the molecule is COC(C)C(=O)NCc1ccccc1Cl. The van der Waals surface area contributed by atoms with E-state index in [0.717, 1.165) is 5.56 Å². The molecule has 0 aromatic heterocycles. The summed E-state index contributed by atoms with van der Waals surface area (Å²) in [6.07, 6.45) is -0.438. The normalized spacial score (nSPS) is 12.2. The molecular weight excluding hydrogens is 214 g/mol. The van der Waals surface area contributed by atoms with Crippen molar-refractivity contribution >= 4 is 17.5 Å². The van der Waals surface area contributed by atoms with Crippen LogP contribution in [0.1, 0.15) is 12.5 Å². The van der Waals surface area contributed by atoms with Gasteiger partial charge in [0.15, 0.2) is 0 Å². The van der Waals surface area contributed by atoms with Crippen LogP contribution in [-0.4, -0.2) is 19.1 Å². The second-order valence-electron chi connectivity index (χ2n) is 3.19. The number of hydrogen-bond donors (Lipinski definition) is 1. The highest BCUT2D eigenvalue weighted by Gasteiger charge is 2.10. The van der Waals surface area contributed by atoms with E-state index in [0.29, 0.717) is 11.6 Å². The molecule has 0 aliphatic heterocycles. The van der Waals surface area contributed by atoms with Gasteiger partial charge in [0.25, 0.3) is 0 Å². The molecule has 0 heterocycles. The van der Waals surface area contributed by atoms with Crippen LogP contribution >= 0.6 is 11.6 Å². The number of amides is 1. The number of rotatable bonds is 4. The minimum Gasteiger partial charge on any atom is -0.372 e. The first kappa shape index (κ1) is 12.0. The Bertz CT molecular complexity index is 341. The Hall–Kier alpha value is -1.06. The summed E-state index contributed by atoms with van der Waals surface area (Å²) < 4.78 is 4.89. The number of benzene rings is 1. The van der Waals surface area contributed by atoms with Crippen LogP contribution in [-0.2, 0) is 16.1 Å². The summed E-state index contributed by atoms with van der Waals surface area (Å²) >= 11 is 5.94. The third kappa shape index (κ3) is 3.53. The maximum Gasteiger partial charge on any atom is 0.249 e. The third-order valence-electron chi connectivity index (χ3n) is 2.13. The molecule has 1 aromatic carbocycles. The van der Waals surface area contributed by atoms with Crippen LogP contribution in [0.4, 0.5) is 0 Å². The van der Waals surface area contributed by atoms with Gasteiger partial charge in [-0.1, -0.05) is 29.8 Å². The van der Waals surface area contributed by atoms with Gasteiger partial charge in [-0.2, -0.15) is 0 Å². The highest BCUT2D eigenvalue weighted by atomic mass is 35.5. The smallest absolute Gasteiger partial charge is 0.249 e. The Labute approximate surface area is 94.4 Å². The summed E-state index contributed by atoms with van der Waals surface area (Å²) in [6, 6.07) is 7.40. The van der Waals surface area contributed by atoms with Gasteiger partial charge in [-0.3, -0.25) is 4.79 Å². The summed E-state index contributed by atoms with van der Waals surface area (Å²) in [5.74, 6) is -0.141. The van der Waals surface area contributed by atoms with E-state index in [2.05, 4.69) is 5.32 Å². The molecule has 0 saturated carbocycles. The molecule has 3 nitrogen and oxygen atoms in total. The Balaban J connectivity index is 2.51. The molecular formula is C11H14ClNO2. The maximum atomic E-state index is 11.4. The van der Waals surface area contributed by atoms with Crippen molar-refractivity contribution in [1.82, 2.24) is 5.32 Å². The van der Waals surface area contributed by atoms with E-state index >= 15 is 0 Å². The highest BCUT2D eigenvalue weighted by molar-refractivity contribution is 6.31. The van der Waals surface area contributed by atoms with Gasteiger partial charge in [0.05, 0.1) is 0 Å². The van der Waals surface area contributed by atoms with Crippen molar-refractivity contribution in [2.45, 2.75) is 19.6 Å². The van der Waals surface area contributed by atoms with Gasteiger partial charge in [-0.15, -0.1) is 0 Å². The number of carbonyl (C=O) groups excluding carboxylic acids is 1. The van der Waals surface area contributed by atoms with Crippen molar-refractivity contribution in [3.05, 3.63) is 34.9 Å². The number of carbonyl (C=O) groups is 1. The predicted octanol–water partition coefficient (Wildman–Crippen LogP) is 1.99. The van der Waals surface area contributed by atoms with Gasteiger partial charge in [0.2, 0.25) is 5.91 Å². The van der Waals surface area contributed by atoms with Gasteiger partial charge in [0, 0.05) is 18.7 Å². The van der Waals surface area contributed by atoms with Gasteiger partial charge in [-0.05, 0) is 18.6 Å². The number of methoxy groups -OCH3 is 1. The molecule has 0 radical (unpaired) electrons. The van der Waals surface area contributed by atoms with E-state index in [1.165, 1.54) is 7.11 Å². The number of ether oxygens (including phenoxy) is 1. The fourth-order valence-corrected chi connectivity index (χ4v) is 1.28. The van der Waals surface area contributed by atoms with Crippen LogP contribution in [0.2, 0.25) is 5.02 Å². The van der Waals surface area contributed by atoms with Crippen LogP contribution in [0.3, 0.4) is 0 Å². The van der Waals surface area contributed by atoms with Crippen molar-refractivity contribution in [2.75, 3.05) is 7.11 Å². The molecule has 82 valence electrons. The Kier molecular flexibility index (Phi) is 4.59. The lowest BCUT2D eigenvalue weighted by Crippen LogP contribution is -2.33. The lowest BCUT2D eigenvalue weighted by atomic mass is 10.2. The van der Waals surface area contributed by atoms with Gasteiger partial charge >= 0.3 is 0 Å². The van der Waals surface area contributed by atoms with Gasteiger partial charge < -0.3 is 10.1 Å². The fourth-order valence-electron chi connectivity index (χ4n) is 1.07. The second kappa shape index (κ2) is 5.73.